The van der Waals surface area contributed by atoms with Crippen LogP contribution in [-0.2, 0) is 13.0 Å². The number of hydrogen-bond acceptors (Lipinski definition) is 2. The molecule has 0 bridgehead atoms. The molecular formula is C14H17NS. The van der Waals surface area contributed by atoms with Gasteiger partial charge in [0, 0.05) is 16.3 Å². The van der Waals surface area contributed by atoms with Crippen molar-refractivity contribution in [3.63, 3.8) is 0 Å². The highest BCUT2D eigenvalue weighted by Gasteiger charge is 2.06. The van der Waals surface area contributed by atoms with Gasteiger partial charge in [-0.25, -0.2) is 0 Å². The highest BCUT2D eigenvalue weighted by Crippen LogP contribution is 2.30. The Morgan fingerprint density at radius 2 is 1.94 bits per heavy atom. The first-order chi connectivity index (χ1) is 7.85. The molecule has 2 aromatic rings. The Morgan fingerprint density at radius 1 is 1.12 bits per heavy atom. The number of thiophene rings is 1. The van der Waals surface area contributed by atoms with Crippen LogP contribution in [0.5, 0.6) is 0 Å². The molecule has 0 aliphatic heterocycles. The summed E-state index contributed by atoms with van der Waals surface area (Å²) in [5, 5.41) is 3.22. The van der Waals surface area contributed by atoms with Crippen LogP contribution in [0.1, 0.15) is 17.4 Å². The molecular weight excluding hydrogens is 214 g/mol. The van der Waals surface area contributed by atoms with Gasteiger partial charge in [0.1, 0.15) is 0 Å². The Bertz CT molecular complexity index is 459. The maximum Gasteiger partial charge on any atom is 0.0348 e. The largest absolute Gasteiger partial charge is 0.316 e. The maximum absolute atomic E-state index is 3.22. The van der Waals surface area contributed by atoms with Crippen molar-refractivity contribution >= 4 is 11.3 Å². The lowest BCUT2D eigenvalue weighted by Gasteiger charge is -2.06. The lowest BCUT2D eigenvalue weighted by Crippen LogP contribution is -2.05. The van der Waals surface area contributed by atoms with Crippen molar-refractivity contribution in [3.05, 3.63) is 46.8 Å². The zero-order valence-electron chi connectivity index (χ0n) is 9.79. The standard InChI is InChI=1S/C14H17NS/c1-3-12-8-9-14(16-12)13-7-5-4-6-11(13)10-15-2/h4-9,15H,3,10H2,1-2H3. The van der Waals surface area contributed by atoms with Gasteiger partial charge in [0.2, 0.25) is 0 Å². The molecule has 1 N–H and O–H groups in total. The zero-order valence-corrected chi connectivity index (χ0v) is 10.6. The fraction of sp³-hybridized carbons (Fsp3) is 0.286. The van der Waals surface area contributed by atoms with E-state index in [9.17, 15) is 0 Å². The van der Waals surface area contributed by atoms with Crippen molar-refractivity contribution in [1.82, 2.24) is 5.32 Å². The number of hydrogen-bond donors (Lipinski definition) is 1. The molecule has 84 valence electrons. The average Bonchev–Trinajstić information content (AvgIpc) is 2.79. The number of nitrogens with one attached hydrogen (secondary N) is 1. The molecule has 0 spiro atoms. The van der Waals surface area contributed by atoms with Crippen LogP contribution < -0.4 is 5.32 Å². The second-order valence-corrected chi connectivity index (χ2v) is 4.98. The SMILES string of the molecule is CCc1ccc(-c2ccccc2CNC)s1. The van der Waals surface area contributed by atoms with Gasteiger partial charge in [0.15, 0.2) is 0 Å². The predicted molar refractivity (Wildman–Crippen MR) is 71.9 cm³/mol. The lowest BCUT2D eigenvalue weighted by atomic mass is 10.1. The molecule has 0 atom stereocenters. The highest BCUT2D eigenvalue weighted by atomic mass is 32.1. The summed E-state index contributed by atoms with van der Waals surface area (Å²) in [6.45, 7) is 3.13. The van der Waals surface area contributed by atoms with E-state index >= 15 is 0 Å². The summed E-state index contributed by atoms with van der Waals surface area (Å²) in [5.41, 5.74) is 2.73. The van der Waals surface area contributed by atoms with Crippen molar-refractivity contribution < 1.29 is 0 Å². The summed E-state index contributed by atoms with van der Waals surface area (Å²) < 4.78 is 0. The monoisotopic (exact) mass is 231 g/mol. The Kier molecular flexibility index (Phi) is 3.75. The predicted octanol–water partition coefficient (Wildman–Crippen LogP) is 3.70. The third kappa shape index (κ3) is 2.34. The van der Waals surface area contributed by atoms with Gasteiger partial charge in [-0.1, -0.05) is 31.2 Å². The van der Waals surface area contributed by atoms with Crippen molar-refractivity contribution in [2.75, 3.05) is 7.05 Å². The number of benzene rings is 1. The van der Waals surface area contributed by atoms with Crippen LogP contribution in [-0.4, -0.2) is 7.05 Å². The molecule has 0 aliphatic carbocycles. The topological polar surface area (TPSA) is 12.0 Å². The molecule has 0 fully saturated rings. The normalized spacial score (nSPS) is 10.6. The van der Waals surface area contributed by atoms with Crippen LogP contribution in [0.25, 0.3) is 10.4 Å². The fourth-order valence-corrected chi connectivity index (χ4v) is 2.83. The highest BCUT2D eigenvalue weighted by molar-refractivity contribution is 7.15. The first-order valence-corrected chi connectivity index (χ1v) is 6.48. The second-order valence-electron chi connectivity index (χ2n) is 3.81. The van der Waals surface area contributed by atoms with Crippen LogP contribution in [0.2, 0.25) is 0 Å². The molecule has 16 heavy (non-hydrogen) atoms. The summed E-state index contributed by atoms with van der Waals surface area (Å²) in [6.07, 6.45) is 1.12. The quantitative estimate of drug-likeness (QED) is 0.846. The third-order valence-corrected chi connectivity index (χ3v) is 3.92. The van der Waals surface area contributed by atoms with E-state index in [-0.39, 0.29) is 0 Å². The zero-order chi connectivity index (χ0) is 11.4. The molecule has 1 nitrogen and oxygen atoms in total. The average molecular weight is 231 g/mol. The molecule has 0 saturated carbocycles. The molecule has 1 aromatic carbocycles. The molecule has 0 aliphatic rings. The maximum atomic E-state index is 3.22. The van der Waals surface area contributed by atoms with Gasteiger partial charge in [0.05, 0.1) is 0 Å². The summed E-state index contributed by atoms with van der Waals surface area (Å²) in [6, 6.07) is 13.1. The summed E-state index contributed by atoms with van der Waals surface area (Å²) in [5.74, 6) is 0. The summed E-state index contributed by atoms with van der Waals surface area (Å²) in [4.78, 5) is 2.83. The van der Waals surface area contributed by atoms with E-state index in [0.717, 1.165) is 13.0 Å². The van der Waals surface area contributed by atoms with Gasteiger partial charge in [-0.3, -0.25) is 0 Å². The van der Waals surface area contributed by atoms with Gasteiger partial charge in [-0.05, 0) is 36.7 Å². The van der Waals surface area contributed by atoms with E-state index in [1.165, 1.54) is 20.9 Å². The third-order valence-electron chi connectivity index (χ3n) is 2.66. The molecule has 1 heterocycles. The van der Waals surface area contributed by atoms with Gasteiger partial charge in [-0.2, -0.15) is 0 Å². The van der Waals surface area contributed by atoms with Crippen LogP contribution in [0.3, 0.4) is 0 Å². The summed E-state index contributed by atoms with van der Waals surface area (Å²) >= 11 is 1.90. The van der Waals surface area contributed by atoms with E-state index in [4.69, 9.17) is 0 Å². The first-order valence-electron chi connectivity index (χ1n) is 5.66. The van der Waals surface area contributed by atoms with Crippen LogP contribution in [0.15, 0.2) is 36.4 Å². The van der Waals surface area contributed by atoms with E-state index in [0.29, 0.717) is 0 Å². The molecule has 0 amide bonds. The van der Waals surface area contributed by atoms with E-state index in [2.05, 4.69) is 48.6 Å². The number of aryl methyl sites for hydroxylation is 1. The fourth-order valence-electron chi connectivity index (χ4n) is 1.82. The van der Waals surface area contributed by atoms with E-state index in [1.807, 2.05) is 18.4 Å². The molecule has 2 rings (SSSR count). The van der Waals surface area contributed by atoms with Gasteiger partial charge >= 0.3 is 0 Å². The Morgan fingerprint density at radius 3 is 2.62 bits per heavy atom. The molecule has 0 unspecified atom stereocenters. The van der Waals surface area contributed by atoms with Gasteiger partial charge in [0.25, 0.3) is 0 Å². The minimum Gasteiger partial charge on any atom is -0.316 e. The van der Waals surface area contributed by atoms with E-state index < -0.39 is 0 Å². The number of rotatable bonds is 4. The molecule has 0 saturated heterocycles. The van der Waals surface area contributed by atoms with Crippen molar-refractivity contribution in [1.29, 1.82) is 0 Å². The van der Waals surface area contributed by atoms with Crippen LogP contribution in [0.4, 0.5) is 0 Å². The Labute approximate surface area is 101 Å². The van der Waals surface area contributed by atoms with E-state index in [1.54, 1.807) is 0 Å². The smallest absolute Gasteiger partial charge is 0.0348 e. The minimum absolute atomic E-state index is 0.926. The molecule has 2 heteroatoms. The Hall–Kier alpha value is -1.12. The second kappa shape index (κ2) is 5.28. The molecule has 1 aromatic heterocycles. The first kappa shape index (κ1) is 11.4. The lowest BCUT2D eigenvalue weighted by molar-refractivity contribution is 0.820. The Balaban J connectivity index is 2.38. The van der Waals surface area contributed by atoms with Gasteiger partial charge in [-0.15, -0.1) is 11.3 Å². The van der Waals surface area contributed by atoms with Crippen LogP contribution in [0, 0.1) is 0 Å². The molecule has 0 radical (unpaired) electrons. The summed E-state index contributed by atoms with van der Waals surface area (Å²) in [7, 11) is 1.99. The van der Waals surface area contributed by atoms with Crippen molar-refractivity contribution in [3.8, 4) is 10.4 Å². The van der Waals surface area contributed by atoms with Crippen molar-refractivity contribution in [2.24, 2.45) is 0 Å². The van der Waals surface area contributed by atoms with Gasteiger partial charge < -0.3 is 5.32 Å². The van der Waals surface area contributed by atoms with Crippen molar-refractivity contribution in [2.45, 2.75) is 19.9 Å². The van der Waals surface area contributed by atoms with Crippen LogP contribution >= 0.6 is 11.3 Å². The minimum atomic E-state index is 0.926.